The Morgan fingerprint density at radius 2 is 1.74 bits per heavy atom. The minimum Gasteiger partial charge on any atom is -0.383 e. The maximum atomic E-state index is 12.1. The molecular formula is C19H19N3O. The lowest BCUT2D eigenvalue weighted by Gasteiger charge is -2.12. The zero-order valence-electron chi connectivity index (χ0n) is 13.0. The summed E-state index contributed by atoms with van der Waals surface area (Å²) in [5.41, 5.74) is 2.14. The van der Waals surface area contributed by atoms with Crippen molar-refractivity contribution in [3.8, 4) is 6.07 Å². The van der Waals surface area contributed by atoms with Crippen LogP contribution < -0.4 is 10.6 Å². The van der Waals surface area contributed by atoms with E-state index in [1.165, 1.54) is 6.20 Å². The van der Waals surface area contributed by atoms with E-state index in [1.54, 1.807) is 0 Å². The Balaban J connectivity index is 1.93. The third-order valence-electron chi connectivity index (χ3n) is 3.44. The summed E-state index contributed by atoms with van der Waals surface area (Å²) in [6.07, 6.45) is 1.47. The molecule has 4 nitrogen and oxygen atoms in total. The molecule has 1 unspecified atom stereocenters. The van der Waals surface area contributed by atoms with E-state index in [4.69, 9.17) is 5.26 Å². The predicted molar refractivity (Wildman–Crippen MR) is 90.0 cm³/mol. The zero-order valence-corrected chi connectivity index (χ0v) is 13.0. The standard InChI is InChI=1S/C19H19N3O/c1-15(17-10-6-3-7-11-17)21-14-18(12-20)19(23)22-13-16-8-4-2-5-9-16/h2-11,14-15,21H,13H2,1H3,(H,22,23)/b18-14-. The quantitative estimate of drug-likeness (QED) is 0.637. The van der Waals surface area contributed by atoms with E-state index in [1.807, 2.05) is 73.7 Å². The molecule has 0 bridgehead atoms. The first kappa shape index (κ1) is 16.3. The summed E-state index contributed by atoms with van der Waals surface area (Å²) in [5.74, 6) is -0.385. The molecule has 0 aromatic heterocycles. The minimum atomic E-state index is -0.385. The van der Waals surface area contributed by atoms with Crippen molar-refractivity contribution in [3.05, 3.63) is 83.6 Å². The van der Waals surface area contributed by atoms with Crippen molar-refractivity contribution in [1.82, 2.24) is 10.6 Å². The van der Waals surface area contributed by atoms with Gasteiger partial charge in [-0.3, -0.25) is 4.79 Å². The van der Waals surface area contributed by atoms with Crippen LogP contribution in [0, 0.1) is 11.3 Å². The van der Waals surface area contributed by atoms with Gasteiger partial charge in [-0.1, -0.05) is 60.7 Å². The van der Waals surface area contributed by atoms with E-state index in [-0.39, 0.29) is 17.5 Å². The lowest BCUT2D eigenvalue weighted by Crippen LogP contribution is -2.25. The Morgan fingerprint density at radius 3 is 2.35 bits per heavy atom. The van der Waals surface area contributed by atoms with E-state index >= 15 is 0 Å². The van der Waals surface area contributed by atoms with E-state index < -0.39 is 0 Å². The van der Waals surface area contributed by atoms with E-state index in [9.17, 15) is 4.79 Å². The summed E-state index contributed by atoms with van der Waals surface area (Å²) in [5, 5.41) is 15.0. The number of nitrogens with zero attached hydrogens (tertiary/aromatic N) is 1. The van der Waals surface area contributed by atoms with Gasteiger partial charge in [-0.25, -0.2) is 0 Å². The molecule has 0 aliphatic rings. The molecule has 23 heavy (non-hydrogen) atoms. The third kappa shape index (κ3) is 5.01. The van der Waals surface area contributed by atoms with Crippen molar-refractivity contribution in [3.63, 3.8) is 0 Å². The molecule has 0 radical (unpaired) electrons. The summed E-state index contributed by atoms with van der Waals surface area (Å²) in [7, 11) is 0. The van der Waals surface area contributed by atoms with Crippen LogP contribution in [0.2, 0.25) is 0 Å². The normalized spacial score (nSPS) is 12.1. The van der Waals surface area contributed by atoms with Crippen LogP contribution in [0.5, 0.6) is 0 Å². The van der Waals surface area contributed by atoms with Crippen LogP contribution >= 0.6 is 0 Å². The van der Waals surface area contributed by atoms with Crippen molar-refractivity contribution in [2.75, 3.05) is 0 Å². The smallest absolute Gasteiger partial charge is 0.263 e. The first-order valence-electron chi connectivity index (χ1n) is 7.44. The van der Waals surface area contributed by atoms with E-state index in [0.29, 0.717) is 6.54 Å². The van der Waals surface area contributed by atoms with Crippen molar-refractivity contribution in [2.45, 2.75) is 19.5 Å². The number of hydrogen-bond donors (Lipinski definition) is 2. The van der Waals surface area contributed by atoms with Gasteiger partial charge in [-0.05, 0) is 18.1 Å². The van der Waals surface area contributed by atoms with Gasteiger partial charge in [0.15, 0.2) is 0 Å². The highest BCUT2D eigenvalue weighted by Gasteiger charge is 2.09. The Kier molecular flexibility index (Phi) is 5.96. The number of nitriles is 1. The van der Waals surface area contributed by atoms with Crippen LogP contribution in [0.4, 0.5) is 0 Å². The molecule has 2 N–H and O–H groups in total. The summed E-state index contributed by atoms with van der Waals surface area (Å²) in [6.45, 7) is 2.37. The molecule has 1 atom stereocenters. The predicted octanol–water partition coefficient (Wildman–Crippen LogP) is 3.06. The van der Waals surface area contributed by atoms with Gasteiger partial charge in [0, 0.05) is 18.8 Å². The first-order valence-corrected chi connectivity index (χ1v) is 7.44. The Hall–Kier alpha value is -3.06. The molecule has 4 heteroatoms. The number of rotatable bonds is 6. The number of carbonyl (C=O) groups is 1. The Bertz CT molecular complexity index is 702. The molecular weight excluding hydrogens is 286 g/mol. The molecule has 0 aliphatic heterocycles. The molecule has 1 amide bonds. The zero-order chi connectivity index (χ0) is 16.5. The SMILES string of the molecule is CC(N/C=C(/C#N)C(=O)NCc1ccccc1)c1ccccc1. The highest BCUT2D eigenvalue weighted by Crippen LogP contribution is 2.11. The van der Waals surface area contributed by atoms with Gasteiger partial charge < -0.3 is 10.6 Å². The lowest BCUT2D eigenvalue weighted by molar-refractivity contribution is -0.117. The largest absolute Gasteiger partial charge is 0.383 e. The van der Waals surface area contributed by atoms with Crippen molar-refractivity contribution in [2.24, 2.45) is 0 Å². The van der Waals surface area contributed by atoms with Crippen LogP contribution in [0.15, 0.2) is 72.4 Å². The Labute approximate surface area is 136 Å². The number of hydrogen-bond acceptors (Lipinski definition) is 3. The minimum absolute atomic E-state index is 0.0153. The van der Waals surface area contributed by atoms with Crippen LogP contribution in [-0.4, -0.2) is 5.91 Å². The van der Waals surface area contributed by atoms with Crippen molar-refractivity contribution < 1.29 is 4.79 Å². The molecule has 2 aromatic rings. The second-order valence-electron chi connectivity index (χ2n) is 5.14. The van der Waals surface area contributed by atoms with Gasteiger partial charge in [-0.15, -0.1) is 0 Å². The van der Waals surface area contributed by atoms with Gasteiger partial charge in [0.2, 0.25) is 0 Å². The van der Waals surface area contributed by atoms with Crippen molar-refractivity contribution in [1.29, 1.82) is 5.26 Å². The molecule has 0 fully saturated rings. The fraction of sp³-hybridized carbons (Fsp3) is 0.158. The number of nitrogens with one attached hydrogen (secondary N) is 2. The maximum Gasteiger partial charge on any atom is 0.263 e. The molecule has 0 spiro atoms. The molecule has 116 valence electrons. The molecule has 2 rings (SSSR count). The van der Waals surface area contributed by atoms with Gasteiger partial charge >= 0.3 is 0 Å². The summed E-state index contributed by atoms with van der Waals surface area (Å²) < 4.78 is 0. The maximum absolute atomic E-state index is 12.1. The first-order chi connectivity index (χ1) is 11.2. The molecule has 0 saturated carbocycles. The van der Waals surface area contributed by atoms with Gasteiger partial charge in [-0.2, -0.15) is 5.26 Å². The fourth-order valence-corrected chi connectivity index (χ4v) is 2.07. The number of carbonyl (C=O) groups excluding carboxylic acids is 1. The topological polar surface area (TPSA) is 64.9 Å². The van der Waals surface area contributed by atoms with E-state index in [0.717, 1.165) is 11.1 Å². The number of amides is 1. The monoisotopic (exact) mass is 305 g/mol. The fourth-order valence-electron chi connectivity index (χ4n) is 2.07. The highest BCUT2D eigenvalue weighted by atomic mass is 16.1. The summed E-state index contributed by atoms with van der Waals surface area (Å²) >= 11 is 0. The summed E-state index contributed by atoms with van der Waals surface area (Å²) in [4.78, 5) is 12.1. The van der Waals surface area contributed by atoms with Crippen LogP contribution in [-0.2, 0) is 11.3 Å². The molecule has 0 saturated heterocycles. The molecule has 0 heterocycles. The molecule has 2 aromatic carbocycles. The van der Waals surface area contributed by atoms with E-state index in [2.05, 4.69) is 10.6 Å². The lowest BCUT2D eigenvalue weighted by atomic mass is 10.1. The average molecular weight is 305 g/mol. The van der Waals surface area contributed by atoms with Crippen molar-refractivity contribution >= 4 is 5.91 Å². The van der Waals surface area contributed by atoms with Gasteiger partial charge in [0.05, 0.1) is 0 Å². The van der Waals surface area contributed by atoms with Gasteiger partial charge in [0.25, 0.3) is 5.91 Å². The average Bonchev–Trinajstić information content (AvgIpc) is 2.62. The number of benzene rings is 2. The van der Waals surface area contributed by atoms with Crippen LogP contribution in [0.1, 0.15) is 24.1 Å². The summed E-state index contributed by atoms with van der Waals surface area (Å²) in [6, 6.07) is 21.4. The second-order valence-corrected chi connectivity index (χ2v) is 5.14. The molecule has 0 aliphatic carbocycles. The third-order valence-corrected chi connectivity index (χ3v) is 3.44. The Morgan fingerprint density at radius 1 is 1.13 bits per heavy atom. The second kappa shape index (κ2) is 8.40. The van der Waals surface area contributed by atoms with Gasteiger partial charge in [0.1, 0.15) is 11.6 Å². The van der Waals surface area contributed by atoms with Crippen LogP contribution in [0.3, 0.4) is 0 Å². The van der Waals surface area contributed by atoms with Crippen LogP contribution in [0.25, 0.3) is 0 Å². The highest BCUT2D eigenvalue weighted by molar-refractivity contribution is 5.97.